The normalized spacial score (nSPS) is 17.9. The lowest BCUT2D eigenvalue weighted by molar-refractivity contribution is 0.131. The zero-order chi connectivity index (χ0) is 20.5. The SMILES string of the molecule is CC1CCc2ccccc2[C@@H]1Oc1cccc2ccccc12.CCCNCCC. The molecule has 0 bridgehead atoms. The summed E-state index contributed by atoms with van der Waals surface area (Å²) in [6, 6.07) is 23.5. The highest BCUT2D eigenvalue weighted by Crippen LogP contribution is 2.39. The Hall–Kier alpha value is -2.32. The van der Waals surface area contributed by atoms with E-state index in [1.807, 2.05) is 0 Å². The first-order valence-electron chi connectivity index (χ1n) is 11.2. The number of aryl methyl sites for hydroxylation is 1. The van der Waals surface area contributed by atoms with Crippen molar-refractivity contribution in [2.24, 2.45) is 5.92 Å². The van der Waals surface area contributed by atoms with Gasteiger partial charge in [-0.1, -0.05) is 81.4 Å². The van der Waals surface area contributed by atoms with Gasteiger partial charge in [0.1, 0.15) is 11.9 Å². The minimum Gasteiger partial charge on any atom is -0.485 e. The first kappa shape index (κ1) is 21.4. The molecule has 0 aromatic heterocycles. The molecule has 0 spiro atoms. The largest absolute Gasteiger partial charge is 0.485 e. The summed E-state index contributed by atoms with van der Waals surface area (Å²) in [6.45, 7) is 9.01. The zero-order valence-electron chi connectivity index (χ0n) is 18.2. The van der Waals surface area contributed by atoms with E-state index < -0.39 is 0 Å². The predicted molar refractivity (Wildman–Crippen MR) is 125 cm³/mol. The van der Waals surface area contributed by atoms with Crippen LogP contribution in [0.5, 0.6) is 5.75 Å². The fourth-order valence-electron chi connectivity index (χ4n) is 3.97. The highest BCUT2D eigenvalue weighted by molar-refractivity contribution is 5.88. The first-order chi connectivity index (χ1) is 14.2. The molecule has 3 aromatic rings. The minimum atomic E-state index is 0.149. The standard InChI is InChI=1S/C21H20O.C6H15N/c1-15-13-14-17-8-3-5-11-19(17)21(15)22-20-12-6-9-16-7-2-4-10-18(16)20;1-3-5-7-6-4-2/h2-12,15,21H,13-14H2,1H3;7H,3-6H2,1-2H3/t15?,21-;/m1./s1. The molecule has 3 aromatic carbocycles. The van der Waals surface area contributed by atoms with Crippen LogP contribution in [0.4, 0.5) is 0 Å². The molecule has 2 heteroatoms. The molecule has 0 saturated heterocycles. The van der Waals surface area contributed by atoms with Crippen LogP contribution in [0.2, 0.25) is 0 Å². The van der Waals surface area contributed by atoms with Crippen LogP contribution in [0.15, 0.2) is 66.7 Å². The summed E-state index contributed by atoms with van der Waals surface area (Å²) in [5.41, 5.74) is 2.79. The van der Waals surface area contributed by atoms with Crippen LogP contribution in [0.1, 0.15) is 57.3 Å². The van der Waals surface area contributed by atoms with Crippen LogP contribution in [0, 0.1) is 5.92 Å². The number of hydrogen-bond donors (Lipinski definition) is 1. The number of benzene rings is 3. The summed E-state index contributed by atoms with van der Waals surface area (Å²) in [7, 11) is 0. The van der Waals surface area contributed by atoms with Gasteiger partial charge in [-0.2, -0.15) is 0 Å². The Morgan fingerprint density at radius 3 is 2.34 bits per heavy atom. The maximum absolute atomic E-state index is 6.51. The lowest BCUT2D eigenvalue weighted by Gasteiger charge is -2.32. The monoisotopic (exact) mass is 389 g/mol. The number of ether oxygens (including phenoxy) is 1. The Bertz CT molecular complexity index is 879. The smallest absolute Gasteiger partial charge is 0.128 e. The predicted octanol–water partition coefficient (Wildman–Crippen LogP) is 6.94. The summed E-state index contributed by atoms with van der Waals surface area (Å²) in [4.78, 5) is 0. The van der Waals surface area contributed by atoms with Crippen molar-refractivity contribution in [2.45, 2.75) is 52.6 Å². The van der Waals surface area contributed by atoms with Gasteiger partial charge >= 0.3 is 0 Å². The lowest BCUT2D eigenvalue weighted by atomic mass is 9.82. The van der Waals surface area contributed by atoms with E-state index in [0.29, 0.717) is 5.92 Å². The Kier molecular flexibility index (Phi) is 8.13. The molecule has 2 nitrogen and oxygen atoms in total. The van der Waals surface area contributed by atoms with Gasteiger partial charge in [0.25, 0.3) is 0 Å². The molecule has 0 heterocycles. The third-order valence-electron chi connectivity index (χ3n) is 5.60. The van der Waals surface area contributed by atoms with Crippen molar-refractivity contribution in [1.82, 2.24) is 5.32 Å². The zero-order valence-corrected chi connectivity index (χ0v) is 18.2. The number of rotatable bonds is 6. The van der Waals surface area contributed by atoms with Crippen LogP contribution in [-0.4, -0.2) is 13.1 Å². The van der Waals surface area contributed by atoms with Crippen LogP contribution in [-0.2, 0) is 6.42 Å². The van der Waals surface area contributed by atoms with Crippen LogP contribution in [0.3, 0.4) is 0 Å². The van der Waals surface area contributed by atoms with E-state index in [1.165, 1.54) is 54.3 Å². The van der Waals surface area contributed by atoms with Crippen molar-refractivity contribution in [3.63, 3.8) is 0 Å². The van der Waals surface area contributed by atoms with E-state index in [0.717, 1.165) is 12.2 Å². The molecule has 0 amide bonds. The molecular weight excluding hydrogens is 354 g/mol. The van der Waals surface area contributed by atoms with Crippen molar-refractivity contribution in [1.29, 1.82) is 0 Å². The molecule has 4 rings (SSSR count). The number of fused-ring (bicyclic) bond motifs is 2. The average molecular weight is 390 g/mol. The summed E-state index contributed by atoms with van der Waals surface area (Å²) >= 11 is 0. The summed E-state index contributed by atoms with van der Waals surface area (Å²) < 4.78 is 6.51. The van der Waals surface area contributed by atoms with Gasteiger partial charge in [-0.05, 0) is 67.3 Å². The Morgan fingerprint density at radius 2 is 1.55 bits per heavy atom. The molecule has 1 aliphatic rings. The van der Waals surface area contributed by atoms with Crippen LogP contribution in [0.25, 0.3) is 10.8 Å². The van der Waals surface area contributed by atoms with Crippen molar-refractivity contribution in [2.75, 3.05) is 13.1 Å². The second-order valence-corrected chi connectivity index (χ2v) is 7.98. The van der Waals surface area contributed by atoms with E-state index in [1.54, 1.807) is 0 Å². The van der Waals surface area contributed by atoms with Gasteiger partial charge in [0.05, 0.1) is 0 Å². The summed E-state index contributed by atoms with van der Waals surface area (Å²) in [5.74, 6) is 1.53. The van der Waals surface area contributed by atoms with E-state index in [9.17, 15) is 0 Å². The summed E-state index contributed by atoms with van der Waals surface area (Å²) in [6.07, 6.45) is 5.00. The van der Waals surface area contributed by atoms with E-state index in [-0.39, 0.29) is 6.10 Å². The molecule has 0 fully saturated rings. The first-order valence-corrected chi connectivity index (χ1v) is 11.2. The molecule has 29 heavy (non-hydrogen) atoms. The van der Waals surface area contributed by atoms with Crippen molar-refractivity contribution in [3.8, 4) is 5.75 Å². The van der Waals surface area contributed by atoms with E-state index in [4.69, 9.17) is 4.74 Å². The van der Waals surface area contributed by atoms with Gasteiger partial charge in [-0.3, -0.25) is 0 Å². The third kappa shape index (κ3) is 5.61. The Balaban J connectivity index is 0.000000298. The highest BCUT2D eigenvalue weighted by atomic mass is 16.5. The van der Waals surface area contributed by atoms with Crippen LogP contribution >= 0.6 is 0 Å². The van der Waals surface area contributed by atoms with Crippen molar-refractivity contribution < 1.29 is 4.74 Å². The molecule has 1 unspecified atom stereocenters. The van der Waals surface area contributed by atoms with Gasteiger partial charge in [-0.15, -0.1) is 0 Å². The van der Waals surface area contributed by atoms with Gasteiger partial charge < -0.3 is 10.1 Å². The van der Waals surface area contributed by atoms with Gasteiger partial charge in [-0.25, -0.2) is 0 Å². The topological polar surface area (TPSA) is 21.3 Å². The second-order valence-electron chi connectivity index (χ2n) is 7.98. The second kappa shape index (κ2) is 11.0. The maximum Gasteiger partial charge on any atom is 0.128 e. The Labute approximate surface area is 176 Å². The molecule has 0 aliphatic heterocycles. The quantitative estimate of drug-likeness (QED) is 0.461. The third-order valence-corrected chi connectivity index (χ3v) is 5.60. The fraction of sp³-hybridized carbons (Fsp3) is 0.407. The van der Waals surface area contributed by atoms with Gasteiger partial charge in [0, 0.05) is 5.39 Å². The summed E-state index contributed by atoms with van der Waals surface area (Å²) in [5, 5.41) is 5.71. The Morgan fingerprint density at radius 1 is 0.862 bits per heavy atom. The van der Waals surface area contributed by atoms with E-state index in [2.05, 4.69) is 92.8 Å². The molecule has 1 N–H and O–H groups in total. The van der Waals surface area contributed by atoms with Gasteiger partial charge in [0.2, 0.25) is 0 Å². The average Bonchev–Trinajstić information content (AvgIpc) is 2.77. The number of nitrogens with one attached hydrogen (secondary N) is 1. The van der Waals surface area contributed by atoms with E-state index >= 15 is 0 Å². The minimum absolute atomic E-state index is 0.149. The molecule has 154 valence electrons. The maximum atomic E-state index is 6.51. The molecule has 0 radical (unpaired) electrons. The number of hydrogen-bond acceptors (Lipinski definition) is 2. The van der Waals surface area contributed by atoms with Gasteiger partial charge in [0.15, 0.2) is 0 Å². The van der Waals surface area contributed by atoms with Crippen LogP contribution < -0.4 is 10.1 Å². The molecule has 1 aliphatic carbocycles. The van der Waals surface area contributed by atoms with Crippen molar-refractivity contribution >= 4 is 10.8 Å². The molecule has 2 atom stereocenters. The lowest BCUT2D eigenvalue weighted by Crippen LogP contribution is -2.23. The molecule has 0 saturated carbocycles. The fourth-order valence-corrected chi connectivity index (χ4v) is 3.97. The molecular formula is C27H35NO. The van der Waals surface area contributed by atoms with Crippen molar-refractivity contribution in [3.05, 3.63) is 77.9 Å². The highest BCUT2D eigenvalue weighted by Gasteiger charge is 2.28.